The van der Waals surface area contributed by atoms with E-state index in [9.17, 15) is 9.59 Å². The number of hydrogen-bond donors (Lipinski definition) is 1. The number of hydrogen-bond acceptors (Lipinski definition) is 4. The average molecular weight is 259 g/mol. The first kappa shape index (κ1) is 16.7. The van der Waals surface area contributed by atoms with E-state index in [2.05, 4.69) is 5.32 Å². The van der Waals surface area contributed by atoms with Crippen molar-refractivity contribution in [3.8, 4) is 0 Å². The van der Waals surface area contributed by atoms with Crippen LogP contribution in [0.3, 0.4) is 0 Å². The maximum Gasteiger partial charge on any atom is 0.407 e. The quantitative estimate of drug-likeness (QED) is 0.791. The number of rotatable bonds is 3. The van der Waals surface area contributed by atoms with Crippen molar-refractivity contribution in [2.45, 2.75) is 72.1 Å². The molecule has 0 aliphatic carbocycles. The van der Waals surface area contributed by atoms with E-state index >= 15 is 0 Å². The first-order valence-electron chi connectivity index (χ1n) is 6.10. The van der Waals surface area contributed by atoms with Crippen LogP contribution in [-0.4, -0.2) is 29.3 Å². The van der Waals surface area contributed by atoms with Crippen LogP contribution in [0.2, 0.25) is 0 Å². The smallest absolute Gasteiger partial charge is 0.407 e. The topological polar surface area (TPSA) is 64.6 Å². The van der Waals surface area contributed by atoms with Crippen LogP contribution < -0.4 is 5.32 Å². The summed E-state index contributed by atoms with van der Waals surface area (Å²) in [7, 11) is 0. The highest BCUT2D eigenvalue weighted by molar-refractivity contribution is 5.73. The van der Waals surface area contributed by atoms with Crippen molar-refractivity contribution in [3.63, 3.8) is 0 Å². The highest BCUT2D eigenvalue weighted by atomic mass is 16.6. The number of nitrogens with one attached hydrogen (secondary N) is 1. The van der Waals surface area contributed by atoms with Crippen LogP contribution in [0.5, 0.6) is 0 Å². The SMILES string of the molecule is C[C@H](CC(=O)OC(C)(C)C)NC(=O)OC(C)(C)C. The fraction of sp³-hybridized carbons (Fsp3) is 0.846. The standard InChI is InChI=1S/C13H25NO4/c1-9(8-10(15)17-12(2,3)4)14-11(16)18-13(5,6)7/h9H,8H2,1-7H3,(H,14,16)/t9-/m1/s1. The molecule has 0 fully saturated rings. The molecule has 1 N–H and O–H groups in total. The van der Waals surface area contributed by atoms with Crippen LogP contribution in [-0.2, 0) is 14.3 Å². The van der Waals surface area contributed by atoms with Crippen LogP contribution in [0.1, 0.15) is 54.9 Å². The van der Waals surface area contributed by atoms with Gasteiger partial charge in [-0.2, -0.15) is 0 Å². The fourth-order valence-electron chi connectivity index (χ4n) is 1.19. The van der Waals surface area contributed by atoms with Gasteiger partial charge in [0.25, 0.3) is 0 Å². The Balaban J connectivity index is 4.08. The summed E-state index contributed by atoms with van der Waals surface area (Å²) in [5, 5.41) is 2.59. The van der Waals surface area contributed by atoms with Gasteiger partial charge in [0.15, 0.2) is 0 Å². The summed E-state index contributed by atoms with van der Waals surface area (Å²) in [6.07, 6.45) is -0.408. The number of carbonyl (C=O) groups is 2. The van der Waals surface area contributed by atoms with Crippen LogP contribution >= 0.6 is 0 Å². The first-order valence-corrected chi connectivity index (χ1v) is 6.10. The minimum absolute atomic E-state index is 0.122. The summed E-state index contributed by atoms with van der Waals surface area (Å²) in [4.78, 5) is 23.0. The monoisotopic (exact) mass is 259 g/mol. The van der Waals surface area contributed by atoms with Gasteiger partial charge < -0.3 is 14.8 Å². The zero-order valence-electron chi connectivity index (χ0n) is 12.4. The summed E-state index contributed by atoms with van der Waals surface area (Å²) >= 11 is 0. The molecule has 0 heterocycles. The Morgan fingerprint density at radius 1 is 1.00 bits per heavy atom. The third-order valence-electron chi connectivity index (χ3n) is 1.66. The van der Waals surface area contributed by atoms with Gasteiger partial charge in [-0.1, -0.05) is 0 Å². The van der Waals surface area contributed by atoms with Gasteiger partial charge in [-0.05, 0) is 48.5 Å². The van der Waals surface area contributed by atoms with Crippen LogP contribution in [0.15, 0.2) is 0 Å². The van der Waals surface area contributed by atoms with Crippen LogP contribution in [0.25, 0.3) is 0 Å². The van der Waals surface area contributed by atoms with E-state index in [-0.39, 0.29) is 18.4 Å². The molecule has 5 nitrogen and oxygen atoms in total. The summed E-state index contributed by atoms with van der Waals surface area (Å²) < 4.78 is 10.2. The highest BCUT2D eigenvalue weighted by Crippen LogP contribution is 2.10. The molecule has 1 atom stereocenters. The molecule has 0 radical (unpaired) electrons. The zero-order chi connectivity index (χ0) is 14.6. The van der Waals surface area contributed by atoms with Crippen molar-refractivity contribution < 1.29 is 19.1 Å². The molecule has 0 aliphatic rings. The van der Waals surface area contributed by atoms with Crippen LogP contribution in [0, 0.1) is 0 Å². The van der Waals surface area contributed by atoms with Crippen molar-refractivity contribution in [2.75, 3.05) is 0 Å². The van der Waals surface area contributed by atoms with E-state index in [0.29, 0.717) is 0 Å². The summed E-state index contributed by atoms with van der Waals surface area (Å²) in [6, 6.07) is -0.324. The molecule has 0 spiro atoms. The van der Waals surface area contributed by atoms with Gasteiger partial charge in [-0.25, -0.2) is 4.79 Å². The van der Waals surface area contributed by atoms with Crippen LogP contribution in [0.4, 0.5) is 4.79 Å². The van der Waals surface area contributed by atoms with Gasteiger partial charge >= 0.3 is 12.1 Å². The molecule has 0 unspecified atom stereocenters. The Morgan fingerprint density at radius 2 is 1.44 bits per heavy atom. The van der Waals surface area contributed by atoms with E-state index in [1.807, 2.05) is 0 Å². The van der Waals surface area contributed by atoms with Crippen molar-refractivity contribution in [3.05, 3.63) is 0 Å². The third-order valence-corrected chi connectivity index (χ3v) is 1.66. The second kappa shape index (κ2) is 6.07. The lowest BCUT2D eigenvalue weighted by Crippen LogP contribution is -2.39. The summed E-state index contributed by atoms with van der Waals surface area (Å²) in [5.74, 6) is -0.342. The van der Waals surface area contributed by atoms with E-state index in [0.717, 1.165) is 0 Å². The van der Waals surface area contributed by atoms with Gasteiger partial charge in [-0.3, -0.25) is 4.79 Å². The van der Waals surface area contributed by atoms with E-state index in [1.165, 1.54) is 0 Å². The number of carbonyl (C=O) groups excluding carboxylic acids is 2. The van der Waals surface area contributed by atoms with E-state index < -0.39 is 17.3 Å². The molecule has 18 heavy (non-hydrogen) atoms. The summed E-state index contributed by atoms with van der Waals surface area (Å²) in [6.45, 7) is 12.5. The van der Waals surface area contributed by atoms with Gasteiger partial charge in [-0.15, -0.1) is 0 Å². The molecule has 106 valence electrons. The molecule has 0 aliphatic heterocycles. The van der Waals surface area contributed by atoms with Gasteiger partial charge in [0, 0.05) is 6.04 Å². The molecule has 0 rings (SSSR count). The van der Waals surface area contributed by atoms with E-state index in [1.54, 1.807) is 48.5 Å². The second-order valence-corrected chi connectivity index (χ2v) is 6.34. The highest BCUT2D eigenvalue weighted by Gasteiger charge is 2.21. The molecule has 0 aromatic heterocycles. The van der Waals surface area contributed by atoms with Crippen molar-refractivity contribution >= 4 is 12.1 Å². The molecule has 0 saturated heterocycles. The third kappa shape index (κ3) is 9.93. The maximum atomic E-state index is 11.5. The van der Waals surface area contributed by atoms with Crippen molar-refractivity contribution in [2.24, 2.45) is 0 Å². The Kier molecular flexibility index (Phi) is 5.64. The van der Waals surface area contributed by atoms with E-state index in [4.69, 9.17) is 9.47 Å². The Morgan fingerprint density at radius 3 is 1.83 bits per heavy atom. The van der Waals surface area contributed by atoms with Gasteiger partial charge in [0.1, 0.15) is 11.2 Å². The molecule has 0 saturated carbocycles. The first-order chi connectivity index (χ1) is 7.89. The minimum atomic E-state index is -0.546. The van der Waals surface area contributed by atoms with Crippen molar-refractivity contribution in [1.29, 1.82) is 0 Å². The lowest BCUT2D eigenvalue weighted by Gasteiger charge is -2.23. The number of alkyl carbamates (subject to hydrolysis) is 1. The molecule has 1 amide bonds. The zero-order valence-corrected chi connectivity index (χ0v) is 12.4. The molecule has 0 aromatic carbocycles. The number of esters is 1. The lowest BCUT2D eigenvalue weighted by atomic mass is 10.2. The summed E-state index contributed by atoms with van der Waals surface area (Å²) in [5.41, 5.74) is -1.06. The normalized spacial score (nSPS) is 13.7. The lowest BCUT2D eigenvalue weighted by molar-refractivity contribution is -0.155. The fourth-order valence-corrected chi connectivity index (χ4v) is 1.19. The van der Waals surface area contributed by atoms with Crippen molar-refractivity contribution in [1.82, 2.24) is 5.32 Å². The minimum Gasteiger partial charge on any atom is -0.460 e. The molecular formula is C13H25NO4. The predicted molar refractivity (Wildman–Crippen MR) is 69.3 cm³/mol. The number of amides is 1. The maximum absolute atomic E-state index is 11.5. The molecule has 5 heteroatoms. The molecule has 0 aromatic rings. The van der Waals surface area contributed by atoms with Gasteiger partial charge in [0.05, 0.1) is 6.42 Å². The molecular weight excluding hydrogens is 234 g/mol. The predicted octanol–water partition coefficient (Wildman–Crippen LogP) is 2.63. The molecule has 0 bridgehead atoms. The second-order valence-electron chi connectivity index (χ2n) is 6.34. The largest absolute Gasteiger partial charge is 0.460 e. The Hall–Kier alpha value is -1.26. The Labute approximate surface area is 109 Å². The van der Waals surface area contributed by atoms with Gasteiger partial charge in [0.2, 0.25) is 0 Å². The average Bonchev–Trinajstić information content (AvgIpc) is 1.92. The Bertz CT molecular complexity index is 269. The number of ether oxygens (including phenoxy) is 2.